The van der Waals surface area contributed by atoms with Crippen LogP contribution in [0.15, 0.2) is 48.5 Å². The van der Waals surface area contributed by atoms with Gasteiger partial charge in [-0.05, 0) is 49.7 Å². The molecule has 0 spiro atoms. The first-order valence-electron chi connectivity index (χ1n) is 9.24. The molecule has 29 heavy (non-hydrogen) atoms. The predicted octanol–water partition coefficient (Wildman–Crippen LogP) is 4.30. The summed E-state index contributed by atoms with van der Waals surface area (Å²) in [6.45, 7) is 4.18. The third kappa shape index (κ3) is 7.23. The largest absolute Gasteiger partial charge is 0.416 e. The minimum Gasteiger partial charge on any atom is -0.325 e. The fourth-order valence-corrected chi connectivity index (χ4v) is 2.81. The second-order valence-electron chi connectivity index (χ2n) is 6.70. The maximum Gasteiger partial charge on any atom is 0.416 e. The van der Waals surface area contributed by atoms with E-state index in [1.165, 1.54) is 12.1 Å². The van der Waals surface area contributed by atoms with Crippen LogP contribution in [0.5, 0.6) is 0 Å². The van der Waals surface area contributed by atoms with E-state index in [4.69, 9.17) is 0 Å². The molecule has 0 atom stereocenters. The predicted molar refractivity (Wildman–Crippen MR) is 107 cm³/mol. The maximum absolute atomic E-state index is 12.8. The highest BCUT2D eigenvalue weighted by atomic mass is 19.4. The summed E-state index contributed by atoms with van der Waals surface area (Å²) in [6.07, 6.45) is -3.77. The summed E-state index contributed by atoms with van der Waals surface area (Å²) in [7, 11) is 0. The molecule has 0 aliphatic heterocycles. The Morgan fingerprint density at radius 3 is 2.24 bits per heavy atom. The van der Waals surface area contributed by atoms with Gasteiger partial charge in [-0.3, -0.25) is 14.5 Å². The zero-order chi connectivity index (χ0) is 21.4. The Labute approximate surface area is 167 Å². The molecular weight excluding hydrogens is 383 g/mol. The number of benzene rings is 2. The zero-order valence-electron chi connectivity index (χ0n) is 16.3. The highest BCUT2D eigenvalue weighted by Crippen LogP contribution is 2.30. The van der Waals surface area contributed by atoms with Crippen molar-refractivity contribution in [3.63, 3.8) is 0 Å². The normalized spacial score (nSPS) is 11.4. The summed E-state index contributed by atoms with van der Waals surface area (Å²) >= 11 is 0. The molecule has 156 valence electrons. The second-order valence-corrected chi connectivity index (χ2v) is 6.70. The lowest BCUT2D eigenvalue weighted by Crippen LogP contribution is -2.39. The van der Waals surface area contributed by atoms with Crippen molar-refractivity contribution in [2.45, 2.75) is 26.4 Å². The van der Waals surface area contributed by atoms with E-state index in [1.54, 1.807) is 11.0 Å². The molecule has 0 saturated heterocycles. The fourth-order valence-electron chi connectivity index (χ4n) is 2.81. The van der Waals surface area contributed by atoms with E-state index in [-0.39, 0.29) is 24.7 Å². The number of nitrogens with one attached hydrogen (secondary N) is 2. The molecule has 2 amide bonds. The van der Waals surface area contributed by atoms with Crippen molar-refractivity contribution in [1.82, 2.24) is 4.90 Å². The van der Waals surface area contributed by atoms with Crippen molar-refractivity contribution in [2.24, 2.45) is 0 Å². The molecule has 8 heteroatoms. The minimum atomic E-state index is -4.48. The van der Waals surface area contributed by atoms with Crippen LogP contribution < -0.4 is 10.6 Å². The van der Waals surface area contributed by atoms with Crippen LogP contribution >= 0.6 is 0 Å². The topological polar surface area (TPSA) is 61.4 Å². The van der Waals surface area contributed by atoms with Crippen LogP contribution in [0, 0.1) is 6.92 Å². The van der Waals surface area contributed by atoms with Crippen LogP contribution in [0.1, 0.15) is 24.5 Å². The number of hydrogen-bond acceptors (Lipinski definition) is 3. The van der Waals surface area contributed by atoms with E-state index in [9.17, 15) is 22.8 Å². The van der Waals surface area contributed by atoms with E-state index in [1.807, 2.05) is 32.0 Å². The third-order valence-electron chi connectivity index (χ3n) is 4.17. The van der Waals surface area contributed by atoms with Gasteiger partial charge < -0.3 is 10.6 Å². The molecule has 2 N–H and O–H groups in total. The lowest BCUT2D eigenvalue weighted by atomic mass is 10.2. The number of para-hydroxylation sites is 1. The van der Waals surface area contributed by atoms with E-state index >= 15 is 0 Å². The number of aryl methyl sites for hydroxylation is 1. The van der Waals surface area contributed by atoms with Crippen molar-refractivity contribution < 1.29 is 22.8 Å². The molecule has 0 aliphatic rings. The van der Waals surface area contributed by atoms with Gasteiger partial charge in [-0.25, -0.2) is 0 Å². The molecule has 0 saturated carbocycles. The standard InChI is InChI=1S/C21H24F3N3O2/c1-3-11-27(14-20(29)26-18-10-5-4-7-15(18)2)13-19(28)25-17-9-6-8-16(12-17)21(22,23)24/h4-10,12H,3,11,13-14H2,1-2H3,(H,25,28)(H,26,29). The Hall–Kier alpha value is -2.87. The van der Waals surface area contributed by atoms with Crippen molar-refractivity contribution in [1.29, 1.82) is 0 Å². The highest BCUT2D eigenvalue weighted by molar-refractivity contribution is 5.95. The molecule has 2 aromatic rings. The SMILES string of the molecule is CCCN(CC(=O)Nc1cccc(C(F)(F)F)c1)CC(=O)Nc1ccccc1C. The molecule has 2 aromatic carbocycles. The Bertz CT molecular complexity index is 853. The highest BCUT2D eigenvalue weighted by Gasteiger charge is 2.30. The first kappa shape index (κ1) is 22.4. The molecule has 0 aromatic heterocycles. The Balaban J connectivity index is 1.96. The van der Waals surface area contributed by atoms with Gasteiger partial charge in [0.15, 0.2) is 0 Å². The molecule has 0 radical (unpaired) electrons. The van der Waals surface area contributed by atoms with E-state index in [0.29, 0.717) is 18.7 Å². The van der Waals surface area contributed by atoms with Crippen molar-refractivity contribution in [3.8, 4) is 0 Å². The number of anilines is 2. The maximum atomic E-state index is 12.8. The number of halogens is 3. The van der Waals surface area contributed by atoms with Gasteiger partial charge in [0.1, 0.15) is 0 Å². The van der Waals surface area contributed by atoms with Crippen LogP contribution in [0.4, 0.5) is 24.5 Å². The van der Waals surface area contributed by atoms with Crippen molar-refractivity contribution in [2.75, 3.05) is 30.3 Å². The average Bonchev–Trinajstić information content (AvgIpc) is 2.63. The monoisotopic (exact) mass is 407 g/mol. The number of hydrogen-bond donors (Lipinski definition) is 2. The van der Waals surface area contributed by atoms with Gasteiger partial charge in [0.05, 0.1) is 18.7 Å². The Morgan fingerprint density at radius 1 is 0.966 bits per heavy atom. The Morgan fingerprint density at radius 2 is 1.62 bits per heavy atom. The van der Waals surface area contributed by atoms with Gasteiger partial charge in [0.25, 0.3) is 0 Å². The quantitative estimate of drug-likeness (QED) is 0.686. The van der Waals surface area contributed by atoms with Crippen molar-refractivity contribution in [3.05, 3.63) is 59.7 Å². The number of carbonyl (C=O) groups is 2. The van der Waals surface area contributed by atoms with Crippen LogP contribution in [0.25, 0.3) is 0 Å². The fraction of sp³-hybridized carbons (Fsp3) is 0.333. The molecule has 0 heterocycles. The zero-order valence-corrected chi connectivity index (χ0v) is 16.3. The first-order valence-corrected chi connectivity index (χ1v) is 9.24. The van der Waals surface area contributed by atoms with Crippen LogP contribution in [0.3, 0.4) is 0 Å². The summed E-state index contributed by atoms with van der Waals surface area (Å²) in [5.41, 5.74) is 0.844. The summed E-state index contributed by atoms with van der Waals surface area (Å²) in [5.74, 6) is -0.749. The van der Waals surface area contributed by atoms with Gasteiger partial charge in [-0.1, -0.05) is 31.2 Å². The number of carbonyl (C=O) groups excluding carboxylic acids is 2. The number of amides is 2. The molecule has 0 unspecified atom stereocenters. The van der Waals surface area contributed by atoms with E-state index in [2.05, 4.69) is 10.6 Å². The number of nitrogens with zero attached hydrogens (tertiary/aromatic N) is 1. The van der Waals surface area contributed by atoms with Crippen LogP contribution in [0.2, 0.25) is 0 Å². The molecule has 5 nitrogen and oxygen atoms in total. The van der Waals surface area contributed by atoms with Crippen molar-refractivity contribution >= 4 is 23.2 Å². The molecule has 2 rings (SSSR count). The smallest absolute Gasteiger partial charge is 0.325 e. The summed E-state index contributed by atoms with van der Waals surface area (Å²) in [5, 5.41) is 5.27. The van der Waals surface area contributed by atoms with Gasteiger partial charge >= 0.3 is 6.18 Å². The van der Waals surface area contributed by atoms with Crippen LogP contribution in [-0.2, 0) is 15.8 Å². The first-order chi connectivity index (χ1) is 13.7. The number of rotatable bonds is 8. The van der Waals surface area contributed by atoms with Gasteiger partial charge in [-0.15, -0.1) is 0 Å². The second kappa shape index (κ2) is 10.1. The summed E-state index contributed by atoms with van der Waals surface area (Å²) in [4.78, 5) is 26.3. The number of alkyl halides is 3. The summed E-state index contributed by atoms with van der Waals surface area (Å²) in [6, 6.07) is 11.8. The van der Waals surface area contributed by atoms with Gasteiger partial charge in [0, 0.05) is 11.4 Å². The van der Waals surface area contributed by atoms with E-state index in [0.717, 1.165) is 17.7 Å². The molecular formula is C21H24F3N3O2. The third-order valence-corrected chi connectivity index (χ3v) is 4.17. The molecule has 0 fully saturated rings. The van der Waals surface area contributed by atoms with Gasteiger partial charge in [0.2, 0.25) is 11.8 Å². The lowest BCUT2D eigenvalue weighted by molar-refractivity contribution is -0.137. The minimum absolute atomic E-state index is 0.00180. The molecule has 0 bridgehead atoms. The summed E-state index contributed by atoms with van der Waals surface area (Å²) < 4.78 is 38.4. The Kier molecular flexibility index (Phi) is 7.78. The van der Waals surface area contributed by atoms with E-state index < -0.39 is 17.6 Å². The average molecular weight is 407 g/mol. The van der Waals surface area contributed by atoms with Crippen LogP contribution in [-0.4, -0.2) is 36.3 Å². The molecule has 0 aliphatic carbocycles. The lowest BCUT2D eigenvalue weighted by Gasteiger charge is -2.21. The van der Waals surface area contributed by atoms with Gasteiger partial charge in [-0.2, -0.15) is 13.2 Å².